The molecule has 5 nitrogen and oxygen atoms in total. The molecule has 156 valence electrons. The van der Waals surface area contributed by atoms with Gasteiger partial charge in [-0.15, -0.1) is 0 Å². The van der Waals surface area contributed by atoms with Gasteiger partial charge >= 0.3 is 0 Å². The van der Waals surface area contributed by atoms with E-state index in [1.165, 1.54) is 12.4 Å². The summed E-state index contributed by atoms with van der Waals surface area (Å²) < 4.78 is 26.8. The predicted octanol–water partition coefficient (Wildman–Crippen LogP) is 4.41. The summed E-state index contributed by atoms with van der Waals surface area (Å²) in [5.41, 5.74) is 1.81. The quantitative estimate of drug-likeness (QED) is 0.629. The zero-order valence-corrected chi connectivity index (χ0v) is 16.8. The van der Waals surface area contributed by atoms with Crippen molar-refractivity contribution >= 4 is 5.91 Å². The van der Waals surface area contributed by atoms with Crippen molar-refractivity contribution in [2.45, 2.75) is 19.3 Å². The van der Waals surface area contributed by atoms with Gasteiger partial charge in [0.05, 0.1) is 17.2 Å². The Morgan fingerprint density at radius 1 is 1.10 bits per heavy atom. The molecular formula is C24H20F2N4O. The SMILES string of the molecule is N#CC1(Cc2ccc(F)c(F)c2)CCN(C(=O)c2ccccc2-c2ccncn2)CC1. The lowest BCUT2D eigenvalue weighted by Crippen LogP contribution is -2.43. The number of benzene rings is 2. The third kappa shape index (κ3) is 4.29. The summed E-state index contributed by atoms with van der Waals surface area (Å²) >= 11 is 0. The Hall–Kier alpha value is -3.66. The van der Waals surface area contributed by atoms with Gasteiger partial charge < -0.3 is 4.90 Å². The minimum atomic E-state index is -0.917. The van der Waals surface area contributed by atoms with Gasteiger partial charge in [0.25, 0.3) is 5.91 Å². The molecule has 0 spiro atoms. The second-order valence-electron chi connectivity index (χ2n) is 7.75. The molecule has 0 unspecified atom stereocenters. The molecule has 7 heteroatoms. The number of nitriles is 1. The molecular weight excluding hydrogens is 398 g/mol. The van der Waals surface area contributed by atoms with Crippen LogP contribution in [0.15, 0.2) is 61.1 Å². The number of hydrogen-bond donors (Lipinski definition) is 0. The van der Waals surface area contributed by atoms with Crippen molar-refractivity contribution in [2.75, 3.05) is 13.1 Å². The van der Waals surface area contributed by atoms with Gasteiger partial charge in [-0.2, -0.15) is 5.26 Å². The normalized spacial score (nSPS) is 15.3. The highest BCUT2D eigenvalue weighted by Gasteiger charge is 2.37. The average molecular weight is 418 g/mol. The van der Waals surface area contributed by atoms with Crippen LogP contribution in [0.4, 0.5) is 8.78 Å². The highest BCUT2D eigenvalue weighted by atomic mass is 19.2. The molecule has 0 atom stereocenters. The fraction of sp³-hybridized carbons (Fsp3) is 0.250. The van der Waals surface area contributed by atoms with Crippen LogP contribution in [0.2, 0.25) is 0 Å². The Bertz CT molecular complexity index is 1140. The Kier molecular flexibility index (Phi) is 5.72. The van der Waals surface area contributed by atoms with Crippen LogP contribution in [0.1, 0.15) is 28.8 Å². The fourth-order valence-electron chi connectivity index (χ4n) is 4.02. The lowest BCUT2D eigenvalue weighted by molar-refractivity contribution is 0.0648. The molecule has 2 aromatic carbocycles. The monoisotopic (exact) mass is 418 g/mol. The van der Waals surface area contributed by atoms with E-state index in [2.05, 4.69) is 16.0 Å². The number of amides is 1. The van der Waals surface area contributed by atoms with Crippen molar-refractivity contribution in [3.05, 3.63) is 83.8 Å². The van der Waals surface area contributed by atoms with Crippen LogP contribution < -0.4 is 0 Å². The lowest BCUT2D eigenvalue weighted by atomic mass is 9.75. The van der Waals surface area contributed by atoms with Crippen LogP contribution in [0.25, 0.3) is 11.3 Å². The second kappa shape index (κ2) is 8.60. The number of rotatable bonds is 4. The average Bonchev–Trinajstić information content (AvgIpc) is 2.82. The third-order valence-corrected chi connectivity index (χ3v) is 5.79. The second-order valence-corrected chi connectivity index (χ2v) is 7.75. The predicted molar refractivity (Wildman–Crippen MR) is 111 cm³/mol. The van der Waals surface area contributed by atoms with Crippen molar-refractivity contribution < 1.29 is 13.6 Å². The first kappa shape index (κ1) is 20.6. The molecule has 1 amide bonds. The smallest absolute Gasteiger partial charge is 0.254 e. The number of piperidine rings is 1. The zero-order chi connectivity index (χ0) is 21.8. The largest absolute Gasteiger partial charge is 0.339 e. The third-order valence-electron chi connectivity index (χ3n) is 5.79. The van der Waals surface area contributed by atoms with Crippen molar-refractivity contribution in [3.8, 4) is 17.3 Å². The first-order chi connectivity index (χ1) is 15.0. The summed E-state index contributed by atoms with van der Waals surface area (Å²) in [7, 11) is 0. The maximum atomic E-state index is 13.6. The van der Waals surface area contributed by atoms with E-state index in [0.717, 1.165) is 17.7 Å². The van der Waals surface area contributed by atoms with E-state index in [4.69, 9.17) is 0 Å². The Morgan fingerprint density at radius 2 is 1.87 bits per heavy atom. The molecule has 31 heavy (non-hydrogen) atoms. The van der Waals surface area contributed by atoms with E-state index in [1.807, 2.05) is 18.2 Å². The molecule has 1 aliphatic rings. The van der Waals surface area contributed by atoms with Gasteiger partial charge in [0, 0.05) is 30.4 Å². The van der Waals surface area contributed by atoms with Crippen LogP contribution in [0.5, 0.6) is 0 Å². The number of halogens is 2. The van der Waals surface area contributed by atoms with E-state index in [9.17, 15) is 18.8 Å². The highest BCUT2D eigenvalue weighted by molar-refractivity contribution is 6.00. The topological polar surface area (TPSA) is 69.9 Å². The van der Waals surface area contributed by atoms with Crippen LogP contribution in [0.3, 0.4) is 0 Å². The fourth-order valence-corrected chi connectivity index (χ4v) is 4.02. The summed E-state index contributed by atoms with van der Waals surface area (Å²) in [4.78, 5) is 23.2. The standard InChI is InChI=1S/C24H20F2N4O/c25-20-6-5-17(13-21(20)26)14-24(15-27)8-11-30(12-9-24)23(31)19-4-2-1-3-18(19)22-7-10-28-16-29-22/h1-7,10,13,16H,8-9,11-12,14H2. The highest BCUT2D eigenvalue weighted by Crippen LogP contribution is 2.36. The minimum absolute atomic E-state index is 0.117. The molecule has 1 fully saturated rings. The summed E-state index contributed by atoms with van der Waals surface area (Å²) in [5.74, 6) is -1.94. The van der Waals surface area contributed by atoms with E-state index in [1.54, 1.807) is 23.2 Å². The van der Waals surface area contributed by atoms with Crippen molar-refractivity contribution in [1.82, 2.24) is 14.9 Å². The number of nitrogens with zero attached hydrogens (tertiary/aromatic N) is 4. The van der Waals surface area contributed by atoms with E-state index < -0.39 is 17.0 Å². The number of carbonyl (C=O) groups is 1. The van der Waals surface area contributed by atoms with Crippen LogP contribution in [-0.2, 0) is 6.42 Å². The summed E-state index contributed by atoms with van der Waals surface area (Å²) in [6, 6.07) is 15.1. The molecule has 2 heterocycles. The van der Waals surface area contributed by atoms with Crippen molar-refractivity contribution in [3.63, 3.8) is 0 Å². The van der Waals surface area contributed by atoms with Gasteiger partial charge in [0.2, 0.25) is 0 Å². The number of hydrogen-bond acceptors (Lipinski definition) is 4. The van der Waals surface area contributed by atoms with Crippen molar-refractivity contribution in [1.29, 1.82) is 5.26 Å². The van der Waals surface area contributed by atoms with Crippen LogP contribution in [-0.4, -0.2) is 33.9 Å². The maximum Gasteiger partial charge on any atom is 0.254 e. The number of aromatic nitrogens is 2. The minimum Gasteiger partial charge on any atom is -0.339 e. The van der Waals surface area contributed by atoms with E-state index in [0.29, 0.717) is 49.2 Å². The van der Waals surface area contributed by atoms with Gasteiger partial charge in [-0.1, -0.05) is 24.3 Å². The summed E-state index contributed by atoms with van der Waals surface area (Å²) in [6.45, 7) is 0.822. The van der Waals surface area contributed by atoms with Gasteiger partial charge in [0.1, 0.15) is 6.33 Å². The number of carbonyl (C=O) groups excluding carboxylic acids is 1. The van der Waals surface area contributed by atoms with Gasteiger partial charge in [-0.3, -0.25) is 4.79 Å². The molecule has 1 aliphatic heterocycles. The molecule has 0 saturated carbocycles. The molecule has 3 aromatic rings. The van der Waals surface area contributed by atoms with Crippen LogP contribution >= 0.6 is 0 Å². The molecule has 0 N–H and O–H groups in total. The summed E-state index contributed by atoms with van der Waals surface area (Å²) in [5, 5.41) is 9.83. The molecule has 0 radical (unpaired) electrons. The summed E-state index contributed by atoms with van der Waals surface area (Å²) in [6.07, 6.45) is 4.31. The van der Waals surface area contributed by atoms with E-state index in [-0.39, 0.29) is 5.91 Å². The van der Waals surface area contributed by atoms with Gasteiger partial charge in [-0.05, 0) is 49.1 Å². The van der Waals surface area contributed by atoms with Gasteiger partial charge in [0.15, 0.2) is 11.6 Å². The molecule has 4 rings (SSSR count). The first-order valence-electron chi connectivity index (χ1n) is 10.0. The first-order valence-corrected chi connectivity index (χ1v) is 10.0. The molecule has 0 bridgehead atoms. The molecule has 1 aromatic heterocycles. The molecule has 0 aliphatic carbocycles. The maximum absolute atomic E-state index is 13.6. The number of likely N-dealkylation sites (tertiary alicyclic amines) is 1. The van der Waals surface area contributed by atoms with E-state index >= 15 is 0 Å². The van der Waals surface area contributed by atoms with Crippen LogP contribution in [0, 0.1) is 28.4 Å². The van der Waals surface area contributed by atoms with Crippen molar-refractivity contribution in [2.24, 2.45) is 5.41 Å². The Labute approximate surface area is 179 Å². The Morgan fingerprint density at radius 3 is 2.55 bits per heavy atom. The zero-order valence-electron chi connectivity index (χ0n) is 16.8. The lowest BCUT2D eigenvalue weighted by Gasteiger charge is -2.37. The Balaban J connectivity index is 1.50. The van der Waals surface area contributed by atoms with Gasteiger partial charge in [-0.25, -0.2) is 18.7 Å². The molecule has 1 saturated heterocycles.